The molecule has 1 aliphatic heterocycles. The molecule has 1 aromatic carbocycles. The molecular formula is C19H21F2N5O2. The minimum absolute atomic E-state index is 0.0184. The molecule has 3 rings (SSSR count). The number of morpholine rings is 1. The summed E-state index contributed by atoms with van der Waals surface area (Å²) in [4.78, 5) is 22.3. The second-order valence-corrected chi connectivity index (χ2v) is 6.08. The lowest BCUT2D eigenvalue weighted by atomic mass is 10.2. The summed E-state index contributed by atoms with van der Waals surface area (Å²) >= 11 is 0. The summed E-state index contributed by atoms with van der Waals surface area (Å²) < 4.78 is 31.9. The zero-order valence-electron chi connectivity index (χ0n) is 15.2. The van der Waals surface area contributed by atoms with E-state index in [1.807, 2.05) is 6.07 Å². The standard InChI is InChI=1S/C19H21F2N5O2/c20-15-2-3-16(21)14(11-15)1-4-19(27)23-6-5-22-17-12-18(25-13-24-17)26-7-9-28-10-8-26/h1-4,11-13H,5-10H2,(H,23,27)(H,22,24,25)/b4-1+. The predicted molar refractivity (Wildman–Crippen MR) is 102 cm³/mol. The molecule has 9 heteroatoms. The third-order valence-corrected chi connectivity index (χ3v) is 4.09. The molecule has 148 valence electrons. The molecule has 0 aliphatic carbocycles. The summed E-state index contributed by atoms with van der Waals surface area (Å²) in [6, 6.07) is 4.92. The molecule has 28 heavy (non-hydrogen) atoms. The maximum atomic E-state index is 13.5. The number of amides is 1. The first-order valence-electron chi connectivity index (χ1n) is 8.91. The number of carbonyl (C=O) groups excluding carboxylic acids is 1. The molecule has 0 atom stereocenters. The van der Waals surface area contributed by atoms with Crippen molar-refractivity contribution in [2.24, 2.45) is 0 Å². The summed E-state index contributed by atoms with van der Waals surface area (Å²) in [6.07, 6.45) is 3.89. The summed E-state index contributed by atoms with van der Waals surface area (Å²) in [5.74, 6) is -0.0749. The Balaban J connectivity index is 1.43. The van der Waals surface area contributed by atoms with E-state index in [0.717, 1.165) is 37.1 Å². The van der Waals surface area contributed by atoms with Crippen LogP contribution in [0, 0.1) is 11.6 Å². The molecule has 1 aromatic heterocycles. The van der Waals surface area contributed by atoms with E-state index < -0.39 is 17.5 Å². The first-order valence-corrected chi connectivity index (χ1v) is 8.91. The van der Waals surface area contributed by atoms with Gasteiger partial charge in [0, 0.05) is 43.9 Å². The van der Waals surface area contributed by atoms with Gasteiger partial charge >= 0.3 is 0 Å². The Kier molecular flexibility index (Phi) is 6.85. The molecule has 0 saturated carbocycles. The molecule has 2 aromatic rings. The second kappa shape index (κ2) is 9.75. The van der Waals surface area contributed by atoms with Crippen LogP contribution in [-0.2, 0) is 9.53 Å². The maximum Gasteiger partial charge on any atom is 0.244 e. The molecule has 1 saturated heterocycles. The summed E-state index contributed by atoms with van der Waals surface area (Å²) in [5.41, 5.74) is 0.0184. The number of nitrogens with zero attached hydrogens (tertiary/aromatic N) is 3. The highest BCUT2D eigenvalue weighted by atomic mass is 19.1. The van der Waals surface area contributed by atoms with E-state index in [1.165, 1.54) is 18.5 Å². The number of benzene rings is 1. The number of nitrogens with one attached hydrogen (secondary N) is 2. The number of ether oxygens (including phenoxy) is 1. The van der Waals surface area contributed by atoms with E-state index >= 15 is 0 Å². The van der Waals surface area contributed by atoms with Crippen LogP contribution in [0.4, 0.5) is 20.4 Å². The number of hydrogen-bond donors (Lipinski definition) is 2. The van der Waals surface area contributed by atoms with Gasteiger partial charge in [-0.2, -0.15) is 0 Å². The molecule has 1 aliphatic rings. The fraction of sp³-hybridized carbons (Fsp3) is 0.316. The van der Waals surface area contributed by atoms with Crippen LogP contribution in [0.3, 0.4) is 0 Å². The van der Waals surface area contributed by atoms with Crippen molar-refractivity contribution in [2.45, 2.75) is 0 Å². The topological polar surface area (TPSA) is 79.4 Å². The zero-order chi connectivity index (χ0) is 19.8. The molecule has 0 radical (unpaired) electrons. The Bertz CT molecular complexity index is 841. The van der Waals surface area contributed by atoms with E-state index in [4.69, 9.17) is 4.74 Å². The Morgan fingerprint density at radius 3 is 2.82 bits per heavy atom. The molecule has 0 unspecified atom stereocenters. The lowest BCUT2D eigenvalue weighted by Gasteiger charge is -2.27. The smallest absolute Gasteiger partial charge is 0.244 e. The van der Waals surface area contributed by atoms with E-state index in [9.17, 15) is 13.6 Å². The van der Waals surface area contributed by atoms with Gasteiger partial charge in [-0.25, -0.2) is 18.7 Å². The monoisotopic (exact) mass is 389 g/mol. The maximum absolute atomic E-state index is 13.5. The van der Waals surface area contributed by atoms with Crippen molar-refractivity contribution in [3.8, 4) is 0 Å². The third-order valence-electron chi connectivity index (χ3n) is 4.09. The van der Waals surface area contributed by atoms with Gasteiger partial charge in [0.1, 0.15) is 29.6 Å². The summed E-state index contributed by atoms with van der Waals surface area (Å²) in [7, 11) is 0. The summed E-state index contributed by atoms with van der Waals surface area (Å²) in [6.45, 7) is 3.70. The fourth-order valence-corrected chi connectivity index (χ4v) is 2.65. The zero-order valence-corrected chi connectivity index (χ0v) is 15.2. The number of aromatic nitrogens is 2. The van der Waals surface area contributed by atoms with Crippen LogP contribution >= 0.6 is 0 Å². The van der Waals surface area contributed by atoms with Gasteiger partial charge in [-0.3, -0.25) is 4.79 Å². The fourth-order valence-electron chi connectivity index (χ4n) is 2.65. The lowest BCUT2D eigenvalue weighted by Crippen LogP contribution is -2.36. The third kappa shape index (κ3) is 5.71. The molecule has 0 bridgehead atoms. The van der Waals surface area contributed by atoms with E-state index in [2.05, 4.69) is 25.5 Å². The largest absolute Gasteiger partial charge is 0.378 e. The van der Waals surface area contributed by atoms with Crippen molar-refractivity contribution in [3.05, 3.63) is 53.9 Å². The first kappa shape index (κ1) is 19.7. The first-order chi connectivity index (χ1) is 13.6. The van der Waals surface area contributed by atoms with Gasteiger partial charge in [-0.1, -0.05) is 0 Å². The Hall–Kier alpha value is -3.07. The average molecular weight is 389 g/mol. The Morgan fingerprint density at radius 1 is 1.18 bits per heavy atom. The molecule has 0 spiro atoms. The molecular weight excluding hydrogens is 368 g/mol. The lowest BCUT2D eigenvalue weighted by molar-refractivity contribution is -0.116. The minimum Gasteiger partial charge on any atom is -0.378 e. The van der Waals surface area contributed by atoms with Crippen molar-refractivity contribution in [3.63, 3.8) is 0 Å². The minimum atomic E-state index is -0.591. The van der Waals surface area contributed by atoms with Crippen LogP contribution in [0.5, 0.6) is 0 Å². The average Bonchev–Trinajstić information content (AvgIpc) is 2.73. The normalized spacial score (nSPS) is 14.3. The van der Waals surface area contributed by atoms with Crippen LogP contribution < -0.4 is 15.5 Å². The Morgan fingerprint density at radius 2 is 2.00 bits per heavy atom. The molecule has 1 fully saturated rings. The quantitative estimate of drug-likeness (QED) is 0.556. The predicted octanol–water partition coefficient (Wildman–Crippen LogP) is 1.83. The highest BCUT2D eigenvalue weighted by molar-refractivity contribution is 5.91. The van der Waals surface area contributed by atoms with Gasteiger partial charge in [0.25, 0.3) is 0 Å². The molecule has 1 amide bonds. The SMILES string of the molecule is O=C(/C=C/c1cc(F)ccc1F)NCCNc1cc(N2CCOCC2)ncn1. The van der Waals surface area contributed by atoms with Gasteiger partial charge < -0.3 is 20.3 Å². The van der Waals surface area contributed by atoms with Crippen molar-refractivity contribution >= 4 is 23.6 Å². The number of hydrogen-bond acceptors (Lipinski definition) is 6. The summed E-state index contributed by atoms with van der Waals surface area (Å²) in [5, 5.41) is 5.77. The molecule has 2 N–H and O–H groups in total. The van der Waals surface area contributed by atoms with Crippen LogP contribution in [0.2, 0.25) is 0 Å². The molecule has 2 heterocycles. The van der Waals surface area contributed by atoms with Gasteiger partial charge in [-0.05, 0) is 24.3 Å². The molecule has 7 nitrogen and oxygen atoms in total. The van der Waals surface area contributed by atoms with Crippen LogP contribution in [0.15, 0.2) is 36.7 Å². The van der Waals surface area contributed by atoms with Gasteiger partial charge in [0.2, 0.25) is 5.91 Å². The van der Waals surface area contributed by atoms with Crippen molar-refractivity contribution in [2.75, 3.05) is 49.6 Å². The van der Waals surface area contributed by atoms with Crippen LogP contribution in [0.25, 0.3) is 6.08 Å². The number of carbonyl (C=O) groups is 1. The highest BCUT2D eigenvalue weighted by Crippen LogP contribution is 2.15. The van der Waals surface area contributed by atoms with Gasteiger partial charge in [-0.15, -0.1) is 0 Å². The highest BCUT2D eigenvalue weighted by Gasteiger charge is 2.12. The number of anilines is 2. The van der Waals surface area contributed by atoms with E-state index in [0.29, 0.717) is 32.1 Å². The van der Waals surface area contributed by atoms with Gasteiger partial charge in [0.15, 0.2) is 0 Å². The Labute approximate surface area is 161 Å². The second-order valence-electron chi connectivity index (χ2n) is 6.08. The van der Waals surface area contributed by atoms with Crippen molar-refractivity contribution < 1.29 is 18.3 Å². The number of halogens is 2. The van der Waals surface area contributed by atoms with Crippen molar-refractivity contribution in [1.29, 1.82) is 0 Å². The van der Waals surface area contributed by atoms with Crippen LogP contribution in [0.1, 0.15) is 5.56 Å². The van der Waals surface area contributed by atoms with Crippen molar-refractivity contribution in [1.82, 2.24) is 15.3 Å². The van der Waals surface area contributed by atoms with E-state index in [-0.39, 0.29) is 5.56 Å². The van der Waals surface area contributed by atoms with Crippen LogP contribution in [-0.4, -0.2) is 55.3 Å². The van der Waals surface area contributed by atoms with E-state index in [1.54, 1.807) is 0 Å². The van der Waals surface area contributed by atoms with Gasteiger partial charge in [0.05, 0.1) is 13.2 Å². The number of rotatable bonds is 7.